The molecular formula is C21H18O4. The predicted molar refractivity (Wildman–Crippen MR) is 97.7 cm³/mol. The first-order valence-corrected chi connectivity index (χ1v) is 7.96. The highest BCUT2D eigenvalue weighted by Gasteiger charge is 2.09. The van der Waals surface area contributed by atoms with Crippen LogP contribution >= 0.6 is 0 Å². The fourth-order valence-electron chi connectivity index (χ4n) is 2.75. The molecule has 0 aromatic heterocycles. The van der Waals surface area contributed by atoms with Gasteiger partial charge < -0.3 is 15.3 Å². The fourth-order valence-corrected chi connectivity index (χ4v) is 2.75. The molecule has 3 aromatic carbocycles. The monoisotopic (exact) mass is 334 g/mol. The van der Waals surface area contributed by atoms with Gasteiger partial charge in [-0.3, -0.25) is 0 Å². The van der Waals surface area contributed by atoms with E-state index in [4.69, 9.17) is 0 Å². The number of rotatable bonds is 5. The highest BCUT2D eigenvalue weighted by molar-refractivity contribution is 5.92. The van der Waals surface area contributed by atoms with E-state index in [-0.39, 0.29) is 17.1 Å². The SMILES string of the molecule is O=C(O)/C(=C/c1ccc(O)c(O)c1)CCc1ccc2ccccc2c1. The summed E-state index contributed by atoms with van der Waals surface area (Å²) in [5.74, 6) is -1.49. The third-order valence-electron chi connectivity index (χ3n) is 4.11. The van der Waals surface area contributed by atoms with Gasteiger partial charge in [0.15, 0.2) is 11.5 Å². The molecule has 0 spiro atoms. The maximum atomic E-state index is 11.5. The number of aromatic hydroxyl groups is 2. The lowest BCUT2D eigenvalue weighted by Crippen LogP contribution is -2.02. The first kappa shape index (κ1) is 16.6. The Kier molecular flexibility index (Phi) is 4.70. The molecule has 0 aliphatic heterocycles. The molecular weight excluding hydrogens is 316 g/mol. The van der Waals surface area contributed by atoms with Crippen LogP contribution in [0.3, 0.4) is 0 Å². The topological polar surface area (TPSA) is 77.8 Å². The number of hydrogen-bond donors (Lipinski definition) is 3. The van der Waals surface area contributed by atoms with Gasteiger partial charge in [0.1, 0.15) is 0 Å². The van der Waals surface area contributed by atoms with Crippen LogP contribution in [0.2, 0.25) is 0 Å². The average Bonchev–Trinajstić information content (AvgIpc) is 2.61. The van der Waals surface area contributed by atoms with Crippen LogP contribution < -0.4 is 0 Å². The molecule has 3 rings (SSSR count). The third-order valence-corrected chi connectivity index (χ3v) is 4.11. The van der Waals surface area contributed by atoms with Gasteiger partial charge in [-0.25, -0.2) is 4.79 Å². The molecule has 3 N–H and O–H groups in total. The molecule has 0 amide bonds. The number of carbonyl (C=O) groups is 1. The minimum Gasteiger partial charge on any atom is -0.504 e. The smallest absolute Gasteiger partial charge is 0.331 e. The summed E-state index contributed by atoms with van der Waals surface area (Å²) >= 11 is 0. The van der Waals surface area contributed by atoms with Crippen molar-refractivity contribution in [2.24, 2.45) is 0 Å². The lowest BCUT2D eigenvalue weighted by molar-refractivity contribution is -0.132. The summed E-state index contributed by atoms with van der Waals surface area (Å²) in [4.78, 5) is 11.5. The molecule has 3 aromatic rings. The molecule has 0 bridgehead atoms. The Bertz CT molecular complexity index is 957. The first-order chi connectivity index (χ1) is 12.0. The van der Waals surface area contributed by atoms with E-state index in [2.05, 4.69) is 6.07 Å². The van der Waals surface area contributed by atoms with Gasteiger partial charge in [0.25, 0.3) is 0 Å². The summed E-state index contributed by atoms with van der Waals surface area (Å²) in [5.41, 5.74) is 1.85. The van der Waals surface area contributed by atoms with Crippen molar-refractivity contribution < 1.29 is 20.1 Å². The molecule has 126 valence electrons. The summed E-state index contributed by atoms with van der Waals surface area (Å²) in [5, 5.41) is 30.6. The van der Waals surface area contributed by atoms with Crippen LogP contribution in [0.1, 0.15) is 17.5 Å². The van der Waals surface area contributed by atoms with Gasteiger partial charge in [-0.2, -0.15) is 0 Å². The first-order valence-electron chi connectivity index (χ1n) is 7.96. The van der Waals surface area contributed by atoms with Crippen LogP contribution in [-0.4, -0.2) is 21.3 Å². The Morgan fingerprint density at radius 2 is 1.64 bits per heavy atom. The number of phenols is 2. The lowest BCUT2D eigenvalue weighted by atomic mass is 10.00. The number of phenolic OH excluding ortho intramolecular Hbond substituents is 2. The highest BCUT2D eigenvalue weighted by Crippen LogP contribution is 2.26. The molecule has 0 atom stereocenters. The van der Waals surface area contributed by atoms with Crippen molar-refractivity contribution in [2.45, 2.75) is 12.8 Å². The molecule has 4 heteroatoms. The number of aryl methyl sites for hydroxylation is 1. The van der Waals surface area contributed by atoms with Crippen LogP contribution in [0.5, 0.6) is 11.5 Å². The quantitative estimate of drug-likeness (QED) is 0.479. The molecule has 0 radical (unpaired) electrons. The Balaban J connectivity index is 1.80. The maximum absolute atomic E-state index is 11.5. The second-order valence-electron chi connectivity index (χ2n) is 5.90. The van der Waals surface area contributed by atoms with E-state index < -0.39 is 5.97 Å². The molecule has 0 fully saturated rings. The van der Waals surface area contributed by atoms with Crippen molar-refractivity contribution in [3.05, 3.63) is 77.4 Å². The number of carboxylic acids is 1. The van der Waals surface area contributed by atoms with Crippen LogP contribution in [-0.2, 0) is 11.2 Å². The highest BCUT2D eigenvalue weighted by atomic mass is 16.4. The van der Waals surface area contributed by atoms with E-state index in [1.165, 1.54) is 18.2 Å². The van der Waals surface area contributed by atoms with E-state index in [1.54, 1.807) is 6.07 Å². The van der Waals surface area contributed by atoms with Crippen molar-refractivity contribution in [3.8, 4) is 11.5 Å². The van der Waals surface area contributed by atoms with Crippen LogP contribution in [0.15, 0.2) is 66.2 Å². The Labute approximate surface area is 145 Å². The van der Waals surface area contributed by atoms with Crippen LogP contribution in [0, 0.1) is 0 Å². The minimum atomic E-state index is -0.992. The van der Waals surface area contributed by atoms with Gasteiger partial charge in [0.05, 0.1) is 0 Å². The third kappa shape index (κ3) is 3.98. The zero-order valence-corrected chi connectivity index (χ0v) is 13.5. The van der Waals surface area contributed by atoms with Crippen molar-refractivity contribution in [2.75, 3.05) is 0 Å². The zero-order valence-electron chi connectivity index (χ0n) is 13.5. The zero-order chi connectivity index (χ0) is 17.8. The van der Waals surface area contributed by atoms with Gasteiger partial charge >= 0.3 is 5.97 Å². The van der Waals surface area contributed by atoms with Gasteiger partial charge in [-0.15, -0.1) is 0 Å². The number of aliphatic carboxylic acids is 1. The minimum absolute atomic E-state index is 0.231. The van der Waals surface area contributed by atoms with E-state index in [1.807, 2.05) is 36.4 Å². The lowest BCUT2D eigenvalue weighted by Gasteiger charge is -2.06. The summed E-state index contributed by atoms with van der Waals surface area (Å²) in [6.07, 6.45) is 2.49. The molecule has 0 heterocycles. The number of carboxylic acid groups (broad SMARTS) is 1. The van der Waals surface area contributed by atoms with E-state index in [0.29, 0.717) is 18.4 Å². The predicted octanol–water partition coefficient (Wildman–Crippen LogP) is 4.35. The van der Waals surface area contributed by atoms with E-state index >= 15 is 0 Å². The Morgan fingerprint density at radius 3 is 2.36 bits per heavy atom. The van der Waals surface area contributed by atoms with Crippen molar-refractivity contribution in [1.82, 2.24) is 0 Å². The van der Waals surface area contributed by atoms with Crippen molar-refractivity contribution in [1.29, 1.82) is 0 Å². The number of benzene rings is 3. The molecule has 0 saturated heterocycles. The molecule has 0 aliphatic carbocycles. The summed E-state index contributed by atoms with van der Waals surface area (Å²) in [7, 11) is 0. The second-order valence-corrected chi connectivity index (χ2v) is 5.90. The Hall–Kier alpha value is -3.27. The van der Waals surface area contributed by atoms with Crippen LogP contribution in [0.25, 0.3) is 16.8 Å². The molecule has 0 saturated carbocycles. The fraction of sp³-hybridized carbons (Fsp3) is 0.0952. The van der Waals surface area contributed by atoms with Gasteiger partial charge in [-0.05, 0) is 52.9 Å². The molecule has 4 nitrogen and oxygen atoms in total. The van der Waals surface area contributed by atoms with E-state index in [9.17, 15) is 20.1 Å². The summed E-state index contributed by atoms with van der Waals surface area (Å²) < 4.78 is 0. The molecule has 25 heavy (non-hydrogen) atoms. The van der Waals surface area contributed by atoms with Crippen molar-refractivity contribution >= 4 is 22.8 Å². The maximum Gasteiger partial charge on any atom is 0.331 e. The number of hydrogen-bond acceptors (Lipinski definition) is 3. The van der Waals surface area contributed by atoms with Crippen molar-refractivity contribution in [3.63, 3.8) is 0 Å². The second kappa shape index (κ2) is 7.09. The summed E-state index contributed by atoms with van der Waals surface area (Å²) in [6, 6.07) is 18.4. The van der Waals surface area contributed by atoms with Gasteiger partial charge in [-0.1, -0.05) is 48.5 Å². The molecule has 0 aliphatic rings. The van der Waals surface area contributed by atoms with Gasteiger partial charge in [0.2, 0.25) is 0 Å². The standard InChI is InChI=1S/C21H18O4/c22-19-10-7-15(13-20(19)23)12-18(21(24)25)9-6-14-5-8-16-3-1-2-4-17(16)11-14/h1-5,7-8,10-13,22-23H,6,9H2,(H,24,25)/b18-12+. The van der Waals surface area contributed by atoms with Crippen LogP contribution in [0.4, 0.5) is 0 Å². The summed E-state index contributed by atoms with van der Waals surface area (Å²) in [6.45, 7) is 0. The molecule has 0 unspecified atom stereocenters. The van der Waals surface area contributed by atoms with E-state index in [0.717, 1.165) is 16.3 Å². The normalized spacial score (nSPS) is 11.6. The Morgan fingerprint density at radius 1 is 0.880 bits per heavy atom. The largest absolute Gasteiger partial charge is 0.504 e. The number of fused-ring (bicyclic) bond motifs is 1. The van der Waals surface area contributed by atoms with Gasteiger partial charge in [0, 0.05) is 5.57 Å². The average molecular weight is 334 g/mol.